The fourth-order valence-electron chi connectivity index (χ4n) is 1.79. The van der Waals surface area contributed by atoms with E-state index in [0.29, 0.717) is 11.8 Å². The summed E-state index contributed by atoms with van der Waals surface area (Å²) >= 11 is 1.83. The van der Waals surface area contributed by atoms with Crippen LogP contribution in [0.2, 0.25) is 0 Å². The fraction of sp³-hybridized carbons (Fsp3) is 0.571. The van der Waals surface area contributed by atoms with Gasteiger partial charge in [0.15, 0.2) is 5.89 Å². The van der Waals surface area contributed by atoms with Crippen molar-refractivity contribution in [2.24, 2.45) is 0 Å². The quantitative estimate of drug-likeness (QED) is 0.808. The topological polar surface area (TPSA) is 38.9 Å². The Labute approximate surface area is 112 Å². The highest BCUT2D eigenvalue weighted by molar-refractivity contribution is 7.11. The number of aryl methyl sites for hydroxylation is 2. The first-order valence-corrected chi connectivity index (χ1v) is 7.25. The van der Waals surface area contributed by atoms with Crippen molar-refractivity contribution in [3.05, 3.63) is 33.9 Å². The maximum Gasteiger partial charge on any atom is 0.191 e. The normalized spacial score (nSPS) is 13.2. The average molecular weight is 264 g/mol. The summed E-state index contributed by atoms with van der Waals surface area (Å²) in [5.74, 6) is 2.70. The van der Waals surface area contributed by atoms with Crippen LogP contribution < -0.4 is 0 Å². The largest absolute Gasteiger partial charge is 0.446 e. The van der Waals surface area contributed by atoms with Crippen molar-refractivity contribution in [3.8, 4) is 0 Å². The lowest BCUT2D eigenvalue weighted by molar-refractivity contribution is 0.437. The minimum Gasteiger partial charge on any atom is -0.446 e. The molecule has 1 atom stereocenters. The van der Waals surface area contributed by atoms with E-state index in [2.05, 4.69) is 30.7 Å². The molecule has 0 aliphatic heterocycles. The third-order valence-electron chi connectivity index (χ3n) is 3.06. The van der Waals surface area contributed by atoms with E-state index in [1.165, 1.54) is 9.88 Å². The van der Waals surface area contributed by atoms with Crippen LogP contribution in [0.25, 0.3) is 0 Å². The number of rotatable bonds is 5. The molecule has 2 heterocycles. The Morgan fingerprint density at radius 1 is 1.22 bits per heavy atom. The zero-order chi connectivity index (χ0) is 13.1. The Hall–Kier alpha value is -1.16. The van der Waals surface area contributed by atoms with Crippen molar-refractivity contribution in [1.82, 2.24) is 9.97 Å². The molecule has 0 saturated carbocycles. The van der Waals surface area contributed by atoms with Crippen LogP contribution in [0, 0.1) is 6.92 Å². The van der Waals surface area contributed by atoms with Gasteiger partial charge in [-0.25, -0.2) is 9.97 Å². The number of nitrogens with zero attached hydrogens (tertiary/aromatic N) is 2. The third-order valence-corrected chi connectivity index (χ3v) is 4.41. The molecule has 0 radical (unpaired) electrons. The number of hydrogen-bond acceptors (Lipinski definition) is 4. The summed E-state index contributed by atoms with van der Waals surface area (Å²) in [4.78, 5) is 9.99. The summed E-state index contributed by atoms with van der Waals surface area (Å²) < 4.78 is 5.55. The van der Waals surface area contributed by atoms with Gasteiger partial charge in [0.2, 0.25) is 0 Å². The van der Waals surface area contributed by atoms with Crippen LogP contribution in [-0.2, 0) is 6.42 Å². The molecule has 3 nitrogen and oxygen atoms in total. The Morgan fingerprint density at radius 3 is 2.56 bits per heavy atom. The van der Waals surface area contributed by atoms with Crippen LogP contribution in [0.15, 0.2) is 16.8 Å². The molecule has 2 rings (SSSR count). The van der Waals surface area contributed by atoms with Gasteiger partial charge in [0.05, 0.1) is 11.2 Å². The highest BCUT2D eigenvalue weighted by atomic mass is 32.1. The molecule has 2 aromatic rings. The molecule has 2 aromatic heterocycles. The van der Waals surface area contributed by atoms with Gasteiger partial charge >= 0.3 is 0 Å². The average Bonchev–Trinajstić information content (AvgIpc) is 2.94. The number of aromatic nitrogens is 2. The zero-order valence-corrected chi connectivity index (χ0v) is 12.3. The highest BCUT2D eigenvalue weighted by Crippen LogP contribution is 2.26. The van der Waals surface area contributed by atoms with Crippen molar-refractivity contribution < 1.29 is 4.42 Å². The maximum absolute atomic E-state index is 5.55. The summed E-state index contributed by atoms with van der Waals surface area (Å²) in [6, 6.07) is 0. The van der Waals surface area contributed by atoms with Crippen LogP contribution in [-0.4, -0.2) is 9.97 Å². The lowest BCUT2D eigenvalue weighted by Crippen LogP contribution is -1.94. The van der Waals surface area contributed by atoms with Gasteiger partial charge in [-0.1, -0.05) is 20.8 Å². The van der Waals surface area contributed by atoms with Crippen molar-refractivity contribution >= 4 is 11.3 Å². The minimum absolute atomic E-state index is 0.401. The van der Waals surface area contributed by atoms with Gasteiger partial charge in [-0.05, 0) is 18.8 Å². The van der Waals surface area contributed by atoms with E-state index in [1.807, 2.05) is 30.7 Å². The van der Waals surface area contributed by atoms with Gasteiger partial charge in [-0.3, -0.25) is 0 Å². The standard InChI is InChI=1S/C14H20N2OS/c1-9(2)13-8-16-14(18-13)6-5-10(3)12-7-15-11(4)17-12/h7-10H,5-6H2,1-4H3. The van der Waals surface area contributed by atoms with E-state index in [9.17, 15) is 0 Å². The number of hydrogen-bond donors (Lipinski definition) is 0. The molecule has 18 heavy (non-hydrogen) atoms. The van der Waals surface area contributed by atoms with Gasteiger partial charge in [0.25, 0.3) is 0 Å². The Morgan fingerprint density at radius 2 is 2.00 bits per heavy atom. The molecule has 0 saturated heterocycles. The first kappa shape index (κ1) is 13.3. The van der Waals surface area contributed by atoms with Crippen molar-refractivity contribution in [2.45, 2.75) is 52.4 Å². The number of thiazole rings is 1. The molecule has 0 aliphatic rings. The molecule has 98 valence electrons. The summed E-state index contributed by atoms with van der Waals surface area (Å²) in [6.07, 6.45) is 5.91. The lowest BCUT2D eigenvalue weighted by atomic mass is 10.0. The summed E-state index contributed by atoms with van der Waals surface area (Å²) in [6.45, 7) is 8.47. The second-order valence-electron chi connectivity index (χ2n) is 5.03. The highest BCUT2D eigenvalue weighted by Gasteiger charge is 2.12. The first-order valence-electron chi connectivity index (χ1n) is 6.43. The molecule has 4 heteroatoms. The van der Waals surface area contributed by atoms with Crippen LogP contribution >= 0.6 is 11.3 Å². The van der Waals surface area contributed by atoms with Gasteiger partial charge < -0.3 is 4.42 Å². The summed E-state index contributed by atoms with van der Waals surface area (Å²) in [7, 11) is 0. The predicted octanol–water partition coefficient (Wildman–Crippen LogP) is 4.30. The summed E-state index contributed by atoms with van der Waals surface area (Å²) in [5, 5.41) is 1.22. The molecule has 0 spiro atoms. The second kappa shape index (κ2) is 5.65. The molecule has 0 bridgehead atoms. The van der Waals surface area contributed by atoms with Crippen LogP contribution in [0.4, 0.5) is 0 Å². The smallest absolute Gasteiger partial charge is 0.191 e. The van der Waals surface area contributed by atoms with E-state index in [-0.39, 0.29) is 0 Å². The van der Waals surface area contributed by atoms with E-state index < -0.39 is 0 Å². The minimum atomic E-state index is 0.401. The van der Waals surface area contributed by atoms with Gasteiger partial charge in [0, 0.05) is 23.9 Å². The van der Waals surface area contributed by atoms with Crippen molar-refractivity contribution in [2.75, 3.05) is 0 Å². The maximum atomic E-state index is 5.55. The third kappa shape index (κ3) is 3.19. The van der Waals surface area contributed by atoms with E-state index >= 15 is 0 Å². The molecular weight excluding hydrogens is 244 g/mol. The lowest BCUT2D eigenvalue weighted by Gasteiger charge is -2.05. The first-order chi connectivity index (χ1) is 8.56. The molecule has 0 amide bonds. The van der Waals surface area contributed by atoms with Gasteiger partial charge in [0.1, 0.15) is 5.76 Å². The Balaban J connectivity index is 1.90. The fourth-order valence-corrected chi connectivity index (χ4v) is 2.73. The Bertz CT molecular complexity index is 501. The monoisotopic (exact) mass is 264 g/mol. The second-order valence-corrected chi connectivity index (χ2v) is 6.18. The Kier molecular flexibility index (Phi) is 4.17. The predicted molar refractivity (Wildman–Crippen MR) is 74.2 cm³/mol. The molecule has 0 fully saturated rings. The van der Waals surface area contributed by atoms with E-state index in [4.69, 9.17) is 4.42 Å². The van der Waals surface area contributed by atoms with Crippen molar-refractivity contribution in [3.63, 3.8) is 0 Å². The van der Waals surface area contributed by atoms with Crippen LogP contribution in [0.5, 0.6) is 0 Å². The molecule has 1 unspecified atom stereocenters. The SMILES string of the molecule is Cc1ncc(C(C)CCc2ncc(C(C)C)s2)o1. The van der Waals surface area contributed by atoms with E-state index in [1.54, 1.807) is 0 Å². The van der Waals surface area contributed by atoms with E-state index in [0.717, 1.165) is 24.5 Å². The van der Waals surface area contributed by atoms with Gasteiger partial charge in [-0.2, -0.15) is 0 Å². The van der Waals surface area contributed by atoms with Gasteiger partial charge in [-0.15, -0.1) is 11.3 Å². The molecular formula is C14H20N2OS. The molecule has 0 aromatic carbocycles. The summed E-state index contributed by atoms with van der Waals surface area (Å²) in [5.41, 5.74) is 0. The van der Waals surface area contributed by atoms with Crippen molar-refractivity contribution in [1.29, 1.82) is 0 Å². The molecule has 0 aliphatic carbocycles. The number of oxazole rings is 1. The molecule has 0 N–H and O–H groups in total. The van der Waals surface area contributed by atoms with Crippen LogP contribution in [0.1, 0.15) is 60.6 Å². The zero-order valence-electron chi connectivity index (χ0n) is 11.4. The van der Waals surface area contributed by atoms with Crippen LogP contribution in [0.3, 0.4) is 0 Å².